The lowest BCUT2D eigenvalue weighted by atomic mass is 10.3. The molecule has 0 aliphatic carbocycles. The summed E-state index contributed by atoms with van der Waals surface area (Å²) in [5.41, 5.74) is 5.31. The molecule has 1 rings (SSSR count). The lowest BCUT2D eigenvalue weighted by Gasteiger charge is -2.04. The van der Waals surface area contributed by atoms with Crippen LogP contribution in [0.2, 0.25) is 0 Å². The van der Waals surface area contributed by atoms with Gasteiger partial charge in [-0.25, -0.2) is 13.1 Å². The summed E-state index contributed by atoms with van der Waals surface area (Å²) in [6, 6.07) is 3.94. The van der Waals surface area contributed by atoms with Crippen LogP contribution in [0.5, 0.6) is 0 Å². The third-order valence-electron chi connectivity index (χ3n) is 2.13. The molecule has 0 spiro atoms. The number of rotatable bonds is 7. The zero-order valence-electron chi connectivity index (χ0n) is 9.40. The average Bonchev–Trinajstić information content (AvgIpc) is 2.62. The van der Waals surface area contributed by atoms with E-state index in [1.807, 2.05) is 19.1 Å². The van der Waals surface area contributed by atoms with Gasteiger partial charge in [-0.1, -0.05) is 0 Å². The second-order valence-electron chi connectivity index (χ2n) is 3.65. The molecular formula is C10H18N2O2S2. The molecule has 0 saturated heterocycles. The maximum Gasteiger partial charge on any atom is 0.211 e. The van der Waals surface area contributed by atoms with Crippen molar-refractivity contribution in [3.63, 3.8) is 0 Å². The Balaban J connectivity index is 2.36. The Morgan fingerprint density at radius 3 is 2.69 bits per heavy atom. The molecule has 0 unspecified atom stereocenters. The van der Waals surface area contributed by atoms with Crippen LogP contribution in [0.25, 0.3) is 0 Å². The van der Waals surface area contributed by atoms with E-state index in [4.69, 9.17) is 5.73 Å². The van der Waals surface area contributed by atoms with Gasteiger partial charge in [-0.05, 0) is 38.4 Å². The van der Waals surface area contributed by atoms with Crippen molar-refractivity contribution in [1.29, 1.82) is 0 Å². The number of sulfonamides is 1. The molecule has 0 amide bonds. The standard InChI is InChI=1S/C10H18N2O2S2/c1-9-4-5-10(15-9)8-12-16(13,14)7-3-2-6-11/h4-5,12H,2-3,6-8,11H2,1H3. The van der Waals surface area contributed by atoms with E-state index >= 15 is 0 Å². The van der Waals surface area contributed by atoms with Crippen LogP contribution in [-0.4, -0.2) is 20.7 Å². The van der Waals surface area contributed by atoms with Gasteiger partial charge in [0.05, 0.1) is 5.75 Å². The SMILES string of the molecule is Cc1ccc(CNS(=O)(=O)CCCCN)s1. The summed E-state index contributed by atoms with van der Waals surface area (Å²) < 4.78 is 25.7. The third kappa shape index (κ3) is 5.07. The van der Waals surface area contributed by atoms with Crippen molar-refractivity contribution in [2.24, 2.45) is 5.73 Å². The molecule has 1 aromatic rings. The van der Waals surface area contributed by atoms with Gasteiger partial charge in [0.15, 0.2) is 0 Å². The Hall–Kier alpha value is -0.430. The first kappa shape index (κ1) is 13.6. The second kappa shape index (κ2) is 6.34. The lowest BCUT2D eigenvalue weighted by molar-refractivity contribution is 0.577. The summed E-state index contributed by atoms with van der Waals surface area (Å²) >= 11 is 1.61. The van der Waals surface area contributed by atoms with E-state index in [9.17, 15) is 8.42 Å². The first-order valence-corrected chi connectivity index (χ1v) is 7.73. The van der Waals surface area contributed by atoms with E-state index in [0.717, 1.165) is 11.3 Å². The minimum Gasteiger partial charge on any atom is -0.330 e. The average molecular weight is 262 g/mol. The Labute approximate surface area is 101 Å². The fraction of sp³-hybridized carbons (Fsp3) is 0.600. The summed E-state index contributed by atoms with van der Waals surface area (Å²) in [5.74, 6) is 0.161. The molecule has 6 heteroatoms. The van der Waals surface area contributed by atoms with Crippen molar-refractivity contribution in [2.75, 3.05) is 12.3 Å². The normalized spacial score (nSPS) is 11.9. The molecule has 1 aromatic heterocycles. The molecule has 0 aliphatic heterocycles. The fourth-order valence-corrected chi connectivity index (χ4v) is 3.30. The predicted octanol–water partition coefficient (Wildman–Crippen LogP) is 1.21. The van der Waals surface area contributed by atoms with Crippen LogP contribution in [-0.2, 0) is 16.6 Å². The minimum atomic E-state index is -3.14. The molecule has 0 atom stereocenters. The number of hydrogen-bond donors (Lipinski definition) is 2. The van der Waals surface area contributed by atoms with E-state index in [2.05, 4.69) is 4.72 Å². The zero-order chi connectivity index (χ0) is 12.0. The van der Waals surface area contributed by atoms with Crippen molar-refractivity contribution in [1.82, 2.24) is 4.72 Å². The zero-order valence-corrected chi connectivity index (χ0v) is 11.0. The van der Waals surface area contributed by atoms with Crippen molar-refractivity contribution >= 4 is 21.4 Å². The van der Waals surface area contributed by atoms with Crippen LogP contribution in [0.4, 0.5) is 0 Å². The molecule has 0 radical (unpaired) electrons. The molecule has 0 aliphatic rings. The minimum absolute atomic E-state index is 0.161. The van der Waals surface area contributed by atoms with E-state index in [1.165, 1.54) is 4.88 Å². The summed E-state index contributed by atoms with van der Waals surface area (Å²) in [7, 11) is -3.14. The maximum atomic E-state index is 11.5. The number of unbranched alkanes of at least 4 members (excludes halogenated alkanes) is 1. The maximum absolute atomic E-state index is 11.5. The van der Waals surface area contributed by atoms with Gasteiger partial charge >= 0.3 is 0 Å². The molecule has 0 bridgehead atoms. The van der Waals surface area contributed by atoms with E-state index in [0.29, 0.717) is 19.5 Å². The van der Waals surface area contributed by atoms with Gasteiger partial charge in [-0.2, -0.15) is 0 Å². The highest BCUT2D eigenvalue weighted by molar-refractivity contribution is 7.89. The number of nitrogens with one attached hydrogen (secondary N) is 1. The summed E-state index contributed by atoms with van der Waals surface area (Å²) in [6.07, 6.45) is 1.37. The molecular weight excluding hydrogens is 244 g/mol. The molecule has 16 heavy (non-hydrogen) atoms. The molecule has 4 nitrogen and oxygen atoms in total. The van der Waals surface area contributed by atoms with Crippen LogP contribution < -0.4 is 10.5 Å². The largest absolute Gasteiger partial charge is 0.330 e. The molecule has 3 N–H and O–H groups in total. The Kier molecular flexibility index (Phi) is 5.40. The Morgan fingerprint density at radius 2 is 2.12 bits per heavy atom. The van der Waals surface area contributed by atoms with Gasteiger partial charge in [-0.3, -0.25) is 0 Å². The fourth-order valence-electron chi connectivity index (χ4n) is 1.27. The summed E-state index contributed by atoms with van der Waals surface area (Å²) in [4.78, 5) is 2.23. The van der Waals surface area contributed by atoms with Crippen LogP contribution in [0, 0.1) is 6.92 Å². The van der Waals surface area contributed by atoms with Gasteiger partial charge < -0.3 is 5.73 Å². The number of aryl methyl sites for hydroxylation is 1. The summed E-state index contributed by atoms with van der Waals surface area (Å²) in [6.45, 7) is 2.94. The topological polar surface area (TPSA) is 72.2 Å². The van der Waals surface area contributed by atoms with Crippen molar-refractivity contribution < 1.29 is 8.42 Å². The quantitative estimate of drug-likeness (QED) is 0.726. The highest BCUT2D eigenvalue weighted by Crippen LogP contribution is 2.14. The van der Waals surface area contributed by atoms with Gasteiger partial charge in [0, 0.05) is 16.3 Å². The van der Waals surface area contributed by atoms with Crippen LogP contribution in [0.15, 0.2) is 12.1 Å². The summed E-state index contributed by atoms with van der Waals surface area (Å²) in [5, 5.41) is 0. The van der Waals surface area contributed by atoms with Crippen molar-refractivity contribution in [3.8, 4) is 0 Å². The molecule has 0 aromatic carbocycles. The van der Waals surface area contributed by atoms with Gasteiger partial charge in [0.1, 0.15) is 0 Å². The van der Waals surface area contributed by atoms with Gasteiger partial charge in [-0.15, -0.1) is 11.3 Å². The van der Waals surface area contributed by atoms with Crippen molar-refractivity contribution in [2.45, 2.75) is 26.3 Å². The van der Waals surface area contributed by atoms with Crippen LogP contribution >= 0.6 is 11.3 Å². The van der Waals surface area contributed by atoms with E-state index < -0.39 is 10.0 Å². The predicted molar refractivity (Wildman–Crippen MR) is 68.0 cm³/mol. The molecule has 0 fully saturated rings. The highest BCUT2D eigenvalue weighted by atomic mass is 32.2. The third-order valence-corrected chi connectivity index (χ3v) is 4.54. The van der Waals surface area contributed by atoms with Gasteiger partial charge in [0.25, 0.3) is 0 Å². The number of thiophene rings is 1. The van der Waals surface area contributed by atoms with Crippen LogP contribution in [0.1, 0.15) is 22.6 Å². The number of nitrogens with two attached hydrogens (primary N) is 1. The van der Waals surface area contributed by atoms with Crippen molar-refractivity contribution in [3.05, 3.63) is 21.9 Å². The number of hydrogen-bond acceptors (Lipinski definition) is 4. The first-order valence-electron chi connectivity index (χ1n) is 5.26. The first-order chi connectivity index (χ1) is 7.53. The lowest BCUT2D eigenvalue weighted by Crippen LogP contribution is -2.25. The molecule has 1 heterocycles. The Bertz CT molecular complexity index is 412. The Morgan fingerprint density at radius 1 is 1.38 bits per heavy atom. The van der Waals surface area contributed by atoms with E-state index in [1.54, 1.807) is 11.3 Å². The highest BCUT2D eigenvalue weighted by Gasteiger charge is 2.09. The molecule has 92 valence electrons. The molecule has 0 saturated carbocycles. The van der Waals surface area contributed by atoms with Crippen LogP contribution in [0.3, 0.4) is 0 Å². The van der Waals surface area contributed by atoms with Gasteiger partial charge in [0.2, 0.25) is 10.0 Å². The smallest absolute Gasteiger partial charge is 0.211 e. The monoisotopic (exact) mass is 262 g/mol. The van der Waals surface area contributed by atoms with E-state index in [-0.39, 0.29) is 5.75 Å². The second-order valence-corrected chi connectivity index (χ2v) is 6.95.